The minimum absolute atomic E-state index is 0.0447. The summed E-state index contributed by atoms with van der Waals surface area (Å²) in [5, 5.41) is 51.8. The highest BCUT2D eigenvalue weighted by Crippen LogP contribution is 2.25. The van der Waals surface area contributed by atoms with Gasteiger partial charge in [0.25, 0.3) is 0 Å². The molecule has 38 heavy (non-hydrogen) atoms. The summed E-state index contributed by atoms with van der Waals surface area (Å²) in [6.07, 6.45) is -2.33. The number of guanidine groups is 1. The van der Waals surface area contributed by atoms with E-state index in [1.165, 1.54) is 11.6 Å². The van der Waals surface area contributed by atoms with Crippen molar-refractivity contribution in [3.05, 3.63) is 48.4 Å². The summed E-state index contributed by atoms with van der Waals surface area (Å²) in [5.74, 6) is -3.63. The third kappa shape index (κ3) is 7.34. The van der Waals surface area contributed by atoms with Gasteiger partial charge in [0, 0.05) is 18.9 Å². The van der Waals surface area contributed by atoms with Crippen LogP contribution in [-0.4, -0.2) is 96.2 Å². The number of benzene rings is 1. The minimum atomic E-state index is -1.79. The van der Waals surface area contributed by atoms with Crippen LogP contribution in [0.5, 0.6) is 0 Å². The molecule has 8 N–H and O–H groups in total. The molecule has 1 aliphatic heterocycles. The van der Waals surface area contributed by atoms with Crippen LogP contribution in [0.4, 0.5) is 0 Å². The van der Waals surface area contributed by atoms with Crippen LogP contribution in [-0.2, 0) is 25.7 Å². The van der Waals surface area contributed by atoms with Crippen LogP contribution in [0.1, 0.15) is 13.3 Å². The van der Waals surface area contributed by atoms with E-state index in [4.69, 9.17) is 10.5 Å². The average molecular weight is 532 g/mol. The maximum Gasteiger partial charge on any atom is 0.370 e. The van der Waals surface area contributed by atoms with Gasteiger partial charge in [-0.05, 0) is 6.08 Å². The lowest BCUT2D eigenvalue weighted by atomic mass is 9.92. The van der Waals surface area contributed by atoms with E-state index in [0.717, 1.165) is 11.6 Å². The van der Waals surface area contributed by atoms with Crippen molar-refractivity contribution in [1.29, 1.82) is 0 Å². The zero-order valence-electron chi connectivity index (χ0n) is 20.3. The highest BCUT2D eigenvalue weighted by Gasteiger charge is 2.43. The van der Waals surface area contributed by atoms with E-state index in [0.29, 0.717) is 5.69 Å². The van der Waals surface area contributed by atoms with Crippen molar-refractivity contribution >= 4 is 23.7 Å². The quantitative estimate of drug-likeness (QED) is 0.127. The molecular formula is C23H29N7O8. The summed E-state index contributed by atoms with van der Waals surface area (Å²) in [6.45, 7) is 0.493. The summed E-state index contributed by atoms with van der Waals surface area (Å²) in [4.78, 5) is 39.9. The first-order valence-corrected chi connectivity index (χ1v) is 11.5. The first-order valence-electron chi connectivity index (χ1n) is 11.5. The van der Waals surface area contributed by atoms with Crippen molar-refractivity contribution in [3.63, 3.8) is 0 Å². The number of amides is 2. The number of nitrogens with two attached hydrogens (primary N) is 1. The molecular weight excluding hydrogens is 502 g/mol. The molecule has 0 fully saturated rings. The Bertz CT molecular complexity index is 1200. The van der Waals surface area contributed by atoms with Gasteiger partial charge in [0.05, 0.1) is 31.4 Å². The Balaban J connectivity index is 1.71. The number of carboxylic acids is 1. The molecule has 0 radical (unpaired) electrons. The fourth-order valence-electron chi connectivity index (χ4n) is 3.73. The van der Waals surface area contributed by atoms with Crippen LogP contribution >= 0.6 is 0 Å². The number of carbonyl (C=O) groups excluding carboxylic acids is 2. The standard InChI is InChI=1S/C23H29N7O8/c1-12(32)25-19-14(9-17(22(36)37)38-21(19)20(35)16(33)11-31)26-23(24)27-18(34)7-8-30-10-15(28-29-30)13-5-3-2-4-6-13/h2-6,9-10,14,16,19-21,31,33,35H,7-8,11H2,1H3,(H,25,32)(H,36,37)(H3,24,26,27,34)/t14-,16+,19+,20+,21?/m0/s1. The van der Waals surface area contributed by atoms with Crippen molar-refractivity contribution in [1.82, 2.24) is 25.6 Å². The number of aryl methyl sites for hydroxylation is 1. The maximum atomic E-state index is 12.4. The van der Waals surface area contributed by atoms with Crippen LogP contribution in [0.15, 0.2) is 53.4 Å². The van der Waals surface area contributed by atoms with Crippen LogP contribution in [0, 0.1) is 0 Å². The number of aromatic nitrogens is 3. The van der Waals surface area contributed by atoms with Crippen LogP contribution in [0.3, 0.4) is 0 Å². The Morgan fingerprint density at radius 2 is 1.95 bits per heavy atom. The van der Waals surface area contributed by atoms with E-state index < -0.39 is 66.5 Å². The van der Waals surface area contributed by atoms with E-state index in [1.807, 2.05) is 30.3 Å². The Hall–Kier alpha value is -4.34. The van der Waals surface area contributed by atoms with Gasteiger partial charge in [-0.15, -0.1) is 5.10 Å². The van der Waals surface area contributed by atoms with Gasteiger partial charge in [0.1, 0.15) is 24.0 Å². The van der Waals surface area contributed by atoms with Gasteiger partial charge in [0.2, 0.25) is 17.6 Å². The Kier molecular flexibility index (Phi) is 9.48. The molecule has 2 aromatic rings. The highest BCUT2D eigenvalue weighted by atomic mass is 16.5. The SMILES string of the molecule is CC(=O)N[C@H]1C([C@H](O)[C@H](O)CO)OC(C(=O)O)=C[C@@H]1N=C(N)NC(=O)CCn1cc(-c2ccccc2)nn1. The summed E-state index contributed by atoms with van der Waals surface area (Å²) < 4.78 is 6.76. The normalized spacial score (nSPS) is 21.0. The number of nitrogens with one attached hydrogen (secondary N) is 2. The number of ether oxygens (including phenoxy) is 1. The lowest BCUT2D eigenvalue weighted by Gasteiger charge is -2.38. The van der Waals surface area contributed by atoms with Gasteiger partial charge in [-0.25, -0.2) is 9.79 Å². The first-order chi connectivity index (χ1) is 18.1. The molecule has 0 saturated carbocycles. The highest BCUT2D eigenvalue weighted by molar-refractivity contribution is 5.96. The third-order valence-electron chi connectivity index (χ3n) is 5.54. The van der Waals surface area contributed by atoms with Gasteiger partial charge >= 0.3 is 5.97 Å². The van der Waals surface area contributed by atoms with E-state index in [-0.39, 0.29) is 13.0 Å². The smallest absolute Gasteiger partial charge is 0.370 e. The zero-order valence-corrected chi connectivity index (χ0v) is 20.3. The summed E-state index contributed by atoms with van der Waals surface area (Å²) >= 11 is 0. The molecule has 0 spiro atoms. The molecule has 2 amide bonds. The Morgan fingerprint density at radius 1 is 1.24 bits per heavy atom. The minimum Gasteiger partial charge on any atom is -0.478 e. The molecule has 1 unspecified atom stereocenters. The van der Waals surface area contributed by atoms with Gasteiger partial charge in [-0.1, -0.05) is 35.5 Å². The van der Waals surface area contributed by atoms with Crippen LogP contribution in [0.25, 0.3) is 11.3 Å². The van der Waals surface area contributed by atoms with Crippen molar-refractivity contribution in [3.8, 4) is 11.3 Å². The first kappa shape index (κ1) is 28.2. The monoisotopic (exact) mass is 531 g/mol. The molecule has 204 valence electrons. The summed E-state index contributed by atoms with van der Waals surface area (Å²) in [5.41, 5.74) is 7.39. The zero-order chi connectivity index (χ0) is 27.8. The fraction of sp³-hybridized carbons (Fsp3) is 0.391. The molecule has 15 heteroatoms. The molecule has 0 saturated heterocycles. The second-order valence-corrected chi connectivity index (χ2v) is 8.42. The second kappa shape index (κ2) is 12.8. The van der Waals surface area contributed by atoms with Crippen molar-refractivity contribution in [2.75, 3.05) is 6.61 Å². The molecule has 0 aliphatic carbocycles. The number of aliphatic carboxylic acids is 1. The second-order valence-electron chi connectivity index (χ2n) is 8.42. The summed E-state index contributed by atoms with van der Waals surface area (Å²) in [6, 6.07) is 6.95. The molecule has 1 aromatic carbocycles. The summed E-state index contributed by atoms with van der Waals surface area (Å²) in [7, 11) is 0. The third-order valence-corrected chi connectivity index (χ3v) is 5.54. The molecule has 0 bridgehead atoms. The van der Waals surface area contributed by atoms with Gasteiger partial charge in [-0.2, -0.15) is 0 Å². The number of carboxylic acid groups (broad SMARTS) is 1. The molecule has 15 nitrogen and oxygen atoms in total. The van der Waals surface area contributed by atoms with Gasteiger partial charge < -0.3 is 36.2 Å². The van der Waals surface area contributed by atoms with Crippen molar-refractivity contribution < 1.29 is 39.5 Å². The van der Waals surface area contributed by atoms with Gasteiger partial charge in [0.15, 0.2) is 5.96 Å². The lowest BCUT2D eigenvalue weighted by Crippen LogP contribution is -2.60. The number of hydrogen-bond donors (Lipinski definition) is 7. The molecule has 5 atom stereocenters. The Labute approximate surface area is 216 Å². The Morgan fingerprint density at radius 3 is 2.58 bits per heavy atom. The number of rotatable bonds is 10. The van der Waals surface area contributed by atoms with E-state index in [1.54, 1.807) is 6.20 Å². The lowest BCUT2D eigenvalue weighted by molar-refractivity contribution is -0.145. The largest absolute Gasteiger partial charge is 0.478 e. The number of hydrogen-bond acceptors (Lipinski definition) is 10. The van der Waals surface area contributed by atoms with E-state index >= 15 is 0 Å². The number of carbonyl (C=O) groups is 3. The average Bonchev–Trinajstić information content (AvgIpc) is 3.36. The van der Waals surface area contributed by atoms with E-state index in [2.05, 4.69) is 25.9 Å². The fourth-order valence-corrected chi connectivity index (χ4v) is 3.73. The predicted molar refractivity (Wildman–Crippen MR) is 131 cm³/mol. The topological polar surface area (TPSA) is 235 Å². The van der Waals surface area contributed by atoms with E-state index in [9.17, 15) is 34.8 Å². The van der Waals surface area contributed by atoms with Crippen molar-refractivity contribution in [2.24, 2.45) is 10.7 Å². The molecule has 1 aliphatic rings. The number of aliphatic hydroxyl groups is 3. The number of nitrogens with zero attached hydrogens (tertiary/aromatic N) is 4. The van der Waals surface area contributed by atoms with Crippen molar-refractivity contribution in [2.45, 2.75) is 50.3 Å². The number of aliphatic imine (C=N–C) groups is 1. The molecule has 1 aromatic heterocycles. The predicted octanol–water partition coefficient (Wildman–Crippen LogP) is -2.28. The molecule has 3 rings (SSSR count). The maximum absolute atomic E-state index is 12.4. The van der Waals surface area contributed by atoms with Crippen LogP contribution < -0.4 is 16.4 Å². The van der Waals surface area contributed by atoms with Gasteiger partial charge in [-0.3, -0.25) is 19.6 Å². The molecule has 2 heterocycles. The number of aliphatic hydroxyl groups excluding tert-OH is 3. The van der Waals surface area contributed by atoms with Crippen LogP contribution in [0.2, 0.25) is 0 Å².